The van der Waals surface area contributed by atoms with Crippen LogP contribution in [0.3, 0.4) is 0 Å². The van der Waals surface area contributed by atoms with E-state index < -0.39 is 0 Å². The van der Waals surface area contributed by atoms with Crippen molar-refractivity contribution in [3.63, 3.8) is 0 Å². The number of nitrogens with two attached hydrogens (primary N) is 2. The minimum atomic E-state index is 0.219. The Morgan fingerprint density at radius 3 is 2.82 bits per heavy atom. The summed E-state index contributed by atoms with van der Waals surface area (Å²) < 4.78 is 5.28. The van der Waals surface area contributed by atoms with Crippen molar-refractivity contribution in [3.8, 4) is 0 Å². The summed E-state index contributed by atoms with van der Waals surface area (Å²) in [6.45, 7) is 7.93. The third-order valence-electron chi connectivity index (χ3n) is 3.43. The lowest BCUT2D eigenvalue weighted by atomic mass is 9.92. The molecule has 1 unspecified atom stereocenters. The number of aromatic nitrogens is 1. The van der Waals surface area contributed by atoms with Gasteiger partial charge < -0.3 is 16.3 Å². The normalized spacial score (nSPS) is 14.6. The summed E-state index contributed by atoms with van der Waals surface area (Å²) >= 11 is 0. The molecule has 1 aromatic rings. The van der Waals surface area contributed by atoms with Gasteiger partial charge >= 0.3 is 0 Å². The predicted octanol–water partition coefficient (Wildman–Crippen LogP) is 2.50. The van der Waals surface area contributed by atoms with Crippen LogP contribution in [-0.4, -0.2) is 17.9 Å². The SMILES string of the molecule is C=C/C(=C/C(=C\C)OC)C(C)Cc1cccnc1/C(N)=N/N. The number of nitrogens with zero attached hydrogens (tertiary/aromatic N) is 2. The van der Waals surface area contributed by atoms with Gasteiger partial charge in [0, 0.05) is 6.20 Å². The second-order valence-corrected chi connectivity index (χ2v) is 4.87. The van der Waals surface area contributed by atoms with E-state index in [0.717, 1.165) is 23.3 Å². The first kappa shape index (κ1) is 17.5. The average molecular weight is 300 g/mol. The van der Waals surface area contributed by atoms with Crippen LogP contribution in [0.1, 0.15) is 25.1 Å². The van der Waals surface area contributed by atoms with Gasteiger partial charge in [-0.1, -0.05) is 25.6 Å². The molecule has 1 heterocycles. The molecule has 0 aliphatic heterocycles. The molecule has 118 valence electrons. The molecule has 4 N–H and O–H groups in total. The van der Waals surface area contributed by atoms with Crippen molar-refractivity contribution in [2.45, 2.75) is 20.3 Å². The summed E-state index contributed by atoms with van der Waals surface area (Å²) in [5.41, 5.74) is 8.50. The van der Waals surface area contributed by atoms with Gasteiger partial charge in [-0.3, -0.25) is 4.98 Å². The van der Waals surface area contributed by atoms with Crippen LogP contribution >= 0.6 is 0 Å². The van der Waals surface area contributed by atoms with Crippen LogP contribution in [0, 0.1) is 5.92 Å². The molecule has 1 aromatic heterocycles. The molecule has 0 fully saturated rings. The minimum Gasteiger partial charge on any atom is -0.497 e. The van der Waals surface area contributed by atoms with Crippen LogP contribution in [0.15, 0.2) is 59.6 Å². The molecule has 0 amide bonds. The lowest BCUT2D eigenvalue weighted by Crippen LogP contribution is -2.20. The maximum atomic E-state index is 5.80. The van der Waals surface area contributed by atoms with E-state index >= 15 is 0 Å². The van der Waals surface area contributed by atoms with Crippen LogP contribution in [-0.2, 0) is 11.2 Å². The predicted molar refractivity (Wildman–Crippen MR) is 91.1 cm³/mol. The van der Waals surface area contributed by atoms with Crippen molar-refractivity contribution in [1.29, 1.82) is 0 Å². The molecule has 1 rings (SSSR count). The van der Waals surface area contributed by atoms with Gasteiger partial charge in [0.15, 0.2) is 5.84 Å². The zero-order valence-corrected chi connectivity index (χ0v) is 13.4. The van der Waals surface area contributed by atoms with E-state index in [9.17, 15) is 0 Å². The van der Waals surface area contributed by atoms with Crippen LogP contribution < -0.4 is 11.6 Å². The second-order valence-electron chi connectivity index (χ2n) is 4.87. The molecular formula is C17H24N4O. The second kappa shape index (κ2) is 8.67. The van der Waals surface area contributed by atoms with Gasteiger partial charge in [0.05, 0.1) is 7.11 Å². The Balaban J connectivity index is 3.06. The fourth-order valence-corrected chi connectivity index (χ4v) is 2.17. The molecule has 0 saturated heterocycles. The van der Waals surface area contributed by atoms with Gasteiger partial charge in [-0.25, -0.2) is 0 Å². The molecule has 0 bridgehead atoms. The van der Waals surface area contributed by atoms with Crippen molar-refractivity contribution < 1.29 is 4.74 Å². The fraction of sp³-hybridized carbons (Fsp3) is 0.294. The number of hydrazone groups is 1. The van der Waals surface area contributed by atoms with Crippen LogP contribution in [0.25, 0.3) is 0 Å². The highest BCUT2D eigenvalue weighted by molar-refractivity contribution is 5.96. The lowest BCUT2D eigenvalue weighted by Gasteiger charge is -2.15. The molecule has 22 heavy (non-hydrogen) atoms. The van der Waals surface area contributed by atoms with Gasteiger partial charge in [0.25, 0.3) is 0 Å². The highest BCUT2D eigenvalue weighted by Gasteiger charge is 2.13. The first-order valence-corrected chi connectivity index (χ1v) is 7.09. The Kier molecular flexibility index (Phi) is 6.89. The van der Waals surface area contributed by atoms with E-state index in [1.165, 1.54) is 0 Å². The van der Waals surface area contributed by atoms with Crippen molar-refractivity contribution in [2.24, 2.45) is 22.6 Å². The van der Waals surface area contributed by atoms with E-state index in [4.69, 9.17) is 16.3 Å². The fourth-order valence-electron chi connectivity index (χ4n) is 2.17. The molecule has 0 aromatic carbocycles. The monoisotopic (exact) mass is 300 g/mol. The Labute approximate surface area is 132 Å². The van der Waals surface area contributed by atoms with Crippen LogP contribution in [0.2, 0.25) is 0 Å². The Bertz CT molecular complexity index is 602. The van der Waals surface area contributed by atoms with Crippen molar-refractivity contribution in [1.82, 2.24) is 4.98 Å². The number of hydrogen-bond donors (Lipinski definition) is 2. The van der Waals surface area contributed by atoms with Gasteiger partial charge in [-0.2, -0.15) is 5.10 Å². The number of rotatable bonds is 7. The summed E-state index contributed by atoms with van der Waals surface area (Å²) in [6.07, 6.45) is 8.15. The first-order chi connectivity index (χ1) is 10.6. The smallest absolute Gasteiger partial charge is 0.169 e. The summed E-state index contributed by atoms with van der Waals surface area (Å²) in [5.74, 6) is 6.52. The molecule has 0 saturated carbocycles. The molecular weight excluding hydrogens is 276 g/mol. The van der Waals surface area contributed by atoms with Gasteiger partial charge in [-0.05, 0) is 48.6 Å². The van der Waals surface area contributed by atoms with E-state index in [-0.39, 0.29) is 11.8 Å². The highest BCUT2D eigenvalue weighted by atomic mass is 16.5. The standard InChI is InChI=1S/C17H24N4O/c1-5-13(11-15(6-2)22-4)12(3)10-14-8-7-9-20-16(14)17(18)21-19/h5-9,11-12H,1,10,19H2,2-4H3,(H2,18,21)/b13-11-,15-6+. The Hall–Kier alpha value is -2.56. The highest BCUT2D eigenvalue weighted by Crippen LogP contribution is 2.21. The Morgan fingerprint density at radius 2 is 2.27 bits per heavy atom. The zero-order chi connectivity index (χ0) is 16.5. The van der Waals surface area contributed by atoms with E-state index in [2.05, 4.69) is 23.6 Å². The minimum absolute atomic E-state index is 0.219. The molecule has 0 aliphatic carbocycles. The number of methoxy groups -OCH3 is 1. The largest absolute Gasteiger partial charge is 0.497 e. The topological polar surface area (TPSA) is 86.5 Å². The molecule has 0 radical (unpaired) electrons. The quantitative estimate of drug-likeness (QED) is 0.202. The third kappa shape index (κ3) is 4.48. The zero-order valence-electron chi connectivity index (χ0n) is 13.4. The number of hydrogen-bond acceptors (Lipinski definition) is 4. The Morgan fingerprint density at radius 1 is 1.55 bits per heavy atom. The lowest BCUT2D eigenvalue weighted by molar-refractivity contribution is 0.305. The van der Waals surface area contributed by atoms with Gasteiger partial charge in [0.2, 0.25) is 0 Å². The summed E-state index contributed by atoms with van der Waals surface area (Å²) in [7, 11) is 1.65. The maximum absolute atomic E-state index is 5.80. The van der Waals surface area contributed by atoms with Gasteiger partial charge in [0.1, 0.15) is 11.5 Å². The van der Waals surface area contributed by atoms with Gasteiger partial charge in [-0.15, -0.1) is 0 Å². The summed E-state index contributed by atoms with van der Waals surface area (Å²) in [4.78, 5) is 4.26. The van der Waals surface area contributed by atoms with Crippen LogP contribution in [0.5, 0.6) is 0 Å². The van der Waals surface area contributed by atoms with E-state index in [1.807, 2.05) is 37.3 Å². The molecule has 5 heteroatoms. The number of pyridine rings is 1. The van der Waals surface area contributed by atoms with E-state index in [0.29, 0.717) is 5.69 Å². The molecule has 1 atom stereocenters. The number of amidine groups is 1. The van der Waals surface area contributed by atoms with Crippen molar-refractivity contribution in [2.75, 3.05) is 7.11 Å². The maximum Gasteiger partial charge on any atom is 0.169 e. The van der Waals surface area contributed by atoms with Crippen molar-refractivity contribution >= 4 is 5.84 Å². The number of allylic oxidation sites excluding steroid dienone is 4. The molecule has 0 aliphatic rings. The number of ether oxygens (including phenoxy) is 1. The average Bonchev–Trinajstić information content (AvgIpc) is 2.55. The third-order valence-corrected chi connectivity index (χ3v) is 3.43. The summed E-state index contributed by atoms with van der Waals surface area (Å²) in [5, 5.41) is 3.53. The van der Waals surface area contributed by atoms with Crippen LogP contribution in [0.4, 0.5) is 0 Å². The van der Waals surface area contributed by atoms with Crippen molar-refractivity contribution in [3.05, 3.63) is 65.7 Å². The molecule has 0 spiro atoms. The molecule has 5 nitrogen and oxygen atoms in total. The summed E-state index contributed by atoms with van der Waals surface area (Å²) in [6, 6.07) is 3.85. The first-order valence-electron chi connectivity index (χ1n) is 7.09. The van der Waals surface area contributed by atoms with E-state index in [1.54, 1.807) is 13.3 Å².